The molecule has 0 saturated heterocycles. The zero-order valence-electron chi connectivity index (χ0n) is 11.0. The van der Waals surface area contributed by atoms with Crippen LogP contribution in [0.5, 0.6) is 0 Å². The van der Waals surface area contributed by atoms with E-state index >= 15 is 0 Å². The molecule has 0 aromatic heterocycles. The highest BCUT2D eigenvalue weighted by Gasteiger charge is 2.14. The molecule has 0 heterocycles. The molecule has 0 aliphatic heterocycles. The Morgan fingerprint density at radius 3 is 2.40 bits per heavy atom. The van der Waals surface area contributed by atoms with Crippen molar-refractivity contribution in [3.05, 3.63) is 12.2 Å². The van der Waals surface area contributed by atoms with Gasteiger partial charge < -0.3 is 5.32 Å². The van der Waals surface area contributed by atoms with E-state index in [4.69, 9.17) is 0 Å². The zero-order valence-corrected chi connectivity index (χ0v) is 11.8. The molecule has 1 atom stereocenters. The summed E-state index contributed by atoms with van der Waals surface area (Å²) in [5.41, 5.74) is 1.29. The minimum atomic E-state index is 0.372. The summed E-state index contributed by atoms with van der Waals surface area (Å²) in [4.78, 5) is 0. The van der Waals surface area contributed by atoms with E-state index in [1.54, 1.807) is 0 Å². The predicted octanol–water partition coefficient (Wildman–Crippen LogP) is 3.85. The van der Waals surface area contributed by atoms with Gasteiger partial charge in [0.15, 0.2) is 0 Å². The largest absolute Gasteiger partial charge is 0.313 e. The van der Waals surface area contributed by atoms with E-state index in [-0.39, 0.29) is 0 Å². The normalized spacial score (nSPS) is 13.9. The maximum Gasteiger partial charge on any atom is 0.0161 e. The highest BCUT2D eigenvalue weighted by molar-refractivity contribution is 8.00. The third-order valence-corrected chi connectivity index (χ3v) is 3.56. The topological polar surface area (TPSA) is 12.0 Å². The van der Waals surface area contributed by atoms with Gasteiger partial charge in [0.1, 0.15) is 0 Å². The monoisotopic (exact) mass is 229 g/mol. The van der Waals surface area contributed by atoms with Crippen molar-refractivity contribution in [3.63, 3.8) is 0 Å². The van der Waals surface area contributed by atoms with Crippen molar-refractivity contribution in [2.24, 2.45) is 0 Å². The van der Waals surface area contributed by atoms with Crippen molar-refractivity contribution in [3.8, 4) is 0 Å². The molecule has 0 aromatic carbocycles. The van der Waals surface area contributed by atoms with Gasteiger partial charge >= 0.3 is 0 Å². The van der Waals surface area contributed by atoms with Crippen LogP contribution in [0.25, 0.3) is 0 Å². The Balaban J connectivity index is 3.87. The lowest BCUT2D eigenvalue weighted by Gasteiger charge is -2.23. The van der Waals surface area contributed by atoms with Gasteiger partial charge in [-0.3, -0.25) is 0 Å². The zero-order chi connectivity index (χ0) is 11.9. The van der Waals surface area contributed by atoms with Crippen LogP contribution < -0.4 is 5.32 Å². The Kier molecular flexibility index (Phi) is 7.37. The molecule has 0 saturated carbocycles. The Morgan fingerprint density at radius 2 is 2.00 bits per heavy atom. The second-order valence-corrected chi connectivity index (χ2v) is 7.02. The average molecular weight is 229 g/mol. The van der Waals surface area contributed by atoms with Crippen LogP contribution in [-0.4, -0.2) is 23.1 Å². The van der Waals surface area contributed by atoms with E-state index in [2.05, 4.69) is 46.5 Å². The van der Waals surface area contributed by atoms with Crippen LogP contribution in [-0.2, 0) is 0 Å². The lowest BCUT2D eigenvalue weighted by atomic mass is 10.1. The lowest BCUT2D eigenvalue weighted by molar-refractivity contribution is 0.535. The highest BCUT2D eigenvalue weighted by Crippen LogP contribution is 2.24. The van der Waals surface area contributed by atoms with Crippen molar-refractivity contribution < 1.29 is 0 Å². The van der Waals surface area contributed by atoms with E-state index in [0.717, 1.165) is 13.0 Å². The summed E-state index contributed by atoms with van der Waals surface area (Å²) < 4.78 is 0.372. The summed E-state index contributed by atoms with van der Waals surface area (Å²) in [7, 11) is 0. The minimum absolute atomic E-state index is 0.372. The first-order chi connectivity index (χ1) is 6.85. The molecule has 1 unspecified atom stereocenters. The van der Waals surface area contributed by atoms with Gasteiger partial charge in [0.2, 0.25) is 0 Å². The maximum atomic E-state index is 3.96. The quantitative estimate of drug-likeness (QED) is 0.665. The Hall–Kier alpha value is 0.0500. The van der Waals surface area contributed by atoms with Crippen molar-refractivity contribution in [1.29, 1.82) is 0 Å². The van der Waals surface area contributed by atoms with Crippen molar-refractivity contribution in [2.75, 3.05) is 12.3 Å². The van der Waals surface area contributed by atoms with Gasteiger partial charge in [-0.05, 0) is 26.3 Å². The molecule has 0 aromatic rings. The number of rotatable bonds is 7. The van der Waals surface area contributed by atoms with Gasteiger partial charge in [-0.15, -0.1) is 6.58 Å². The van der Waals surface area contributed by atoms with Gasteiger partial charge in [0, 0.05) is 16.5 Å². The number of allylic oxidation sites excluding steroid dienone is 1. The third-order valence-electron chi connectivity index (χ3n) is 2.13. The summed E-state index contributed by atoms with van der Waals surface area (Å²) >= 11 is 2.04. The first kappa shape index (κ1) is 15.0. The lowest BCUT2D eigenvalue weighted by Crippen LogP contribution is -2.32. The molecule has 0 amide bonds. The molecule has 0 bridgehead atoms. The molecule has 0 radical (unpaired) electrons. The van der Waals surface area contributed by atoms with Crippen LogP contribution in [0.2, 0.25) is 0 Å². The van der Waals surface area contributed by atoms with E-state index in [1.165, 1.54) is 17.7 Å². The van der Waals surface area contributed by atoms with Crippen LogP contribution in [0.1, 0.15) is 47.5 Å². The molecule has 90 valence electrons. The molecular weight excluding hydrogens is 202 g/mol. The Morgan fingerprint density at radius 1 is 1.40 bits per heavy atom. The van der Waals surface area contributed by atoms with Crippen molar-refractivity contribution >= 4 is 11.8 Å². The molecule has 1 nitrogen and oxygen atoms in total. The molecule has 15 heavy (non-hydrogen) atoms. The van der Waals surface area contributed by atoms with Gasteiger partial charge in [0.25, 0.3) is 0 Å². The SMILES string of the molecule is C=C(C)CCC(CSC(C)(C)C)NCC. The van der Waals surface area contributed by atoms with Gasteiger partial charge in [0.05, 0.1) is 0 Å². The number of nitrogens with one attached hydrogen (secondary N) is 1. The van der Waals surface area contributed by atoms with Crippen LogP contribution >= 0.6 is 11.8 Å². The van der Waals surface area contributed by atoms with Crippen molar-refractivity contribution in [2.45, 2.75) is 58.2 Å². The van der Waals surface area contributed by atoms with Crippen molar-refractivity contribution in [1.82, 2.24) is 5.32 Å². The van der Waals surface area contributed by atoms with Gasteiger partial charge in [-0.2, -0.15) is 11.8 Å². The van der Waals surface area contributed by atoms with E-state index in [1.807, 2.05) is 11.8 Å². The molecular formula is C13H27NS. The Labute approximate surface area is 100 Å². The fourth-order valence-electron chi connectivity index (χ4n) is 1.30. The number of thioether (sulfide) groups is 1. The van der Waals surface area contributed by atoms with Gasteiger partial charge in [-0.25, -0.2) is 0 Å². The molecule has 0 rings (SSSR count). The van der Waals surface area contributed by atoms with E-state index in [9.17, 15) is 0 Å². The molecule has 0 aliphatic rings. The maximum absolute atomic E-state index is 3.96. The smallest absolute Gasteiger partial charge is 0.0161 e. The molecule has 0 spiro atoms. The van der Waals surface area contributed by atoms with Crippen LogP contribution in [0, 0.1) is 0 Å². The van der Waals surface area contributed by atoms with Crippen LogP contribution in [0.3, 0.4) is 0 Å². The first-order valence-corrected chi connectivity index (χ1v) is 6.85. The summed E-state index contributed by atoms with van der Waals surface area (Å²) in [5.74, 6) is 1.20. The standard InChI is InChI=1S/C13H27NS/c1-7-14-12(9-8-11(2)3)10-15-13(4,5)6/h12,14H,2,7-10H2,1,3-6H3. The molecule has 0 aliphatic carbocycles. The van der Waals surface area contributed by atoms with Crippen LogP contribution in [0.15, 0.2) is 12.2 Å². The first-order valence-electron chi connectivity index (χ1n) is 5.87. The van der Waals surface area contributed by atoms with E-state index in [0.29, 0.717) is 10.8 Å². The fraction of sp³-hybridized carbons (Fsp3) is 0.846. The highest BCUT2D eigenvalue weighted by atomic mass is 32.2. The number of hydrogen-bond acceptors (Lipinski definition) is 2. The summed E-state index contributed by atoms with van der Waals surface area (Å²) in [6.45, 7) is 16.1. The summed E-state index contributed by atoms with van der Waals surface area (Å²) in [6, 6.07) is 0.635. The second kappa shape index (κ2) is 7.34. The minimum Gasteiger partial charge on any atom is -0.313 e. The summed E-state index contributed by atoms with van der Waals surface area (Å²) in [6.07, 6.45) is 2.36. The predicted molar refractivity (Wildman–Crippen MR) is 73.7 cm³/mol. The second-order valence-electron chi connectivity index (χ2n) is 5.17. The summed E-state index contributed by atoms with van der Waals surface area (Å²) in [5, 5.41) is 3.55. The van der Waals surface area contributed by atoms with Gasteiger partial charge in [-0.1, -0.05) is 33.3 Å². The van der Waals surface area contributed by atoms with Crippen LogP contribution in [0.4, 0.5) is 0 Å². The van der Waals surface area contributed by atoms with E-state index < -0.39 is 0 Å². The molecule has 1 N–H and O–H groups in total. The molecule has 2 heteroatoms. The Bertz CT molecular complexity index is 181. The third kappa shape index (κ3) is 10.3. The fourth-order valence-corrected chi connectivity index (χ4v) is 2.29. The number of hydrogen-bond donors (Lipinski definition) is 1. The molecule has 0 fully saturated rings. The average Bonchev–Trinajstić information content (AvgIpc) is 2.08.